The minimum atomic E-state index is -0.934. The normalized spacial score (nSPS) is 25.8. The SMILES string of the molecule is CN(c1ccc(-c2cc3c(=O)n(C)ccc3cc2O)nn1)[C@@H]1C[C@H]2CC[C@@H]([C@@H]1F)N2C. The van der Waals surface area contributed by atoms with Crippen molar-refractivity contribution in [2.24, 2.45) is 7.05 Å². The van der Waals surface area contributed by atoms with Crippen molar-refractivity contribution in [1.29, 1.82) is 0 Å². The third kappa shape index (κ3) is 3.17. The van der Waals surface area contributed by atoms with E-state index < -0.39 is 6.17 Å². The first-order valence-corrected chi connectivity index (χ1v) is 10.6. The number of aryl methyl sites for hydroxylation is 1. The molecule has 0 unspecified atom stereocenters. The second-order valence-electron chi connectivity index (χ2n) is 8.79. The summed E-state index contributed by atoms with van der Waals surface area (Å²) in [5.74, 6) is 0.628. The molecule has 2 bridgehead atoms. The van der Waals surface area contributed by atoms with Gasteiger partial charge in [0.05, 0.1) is 11.7 Å². The summed E-state index contributed by atoms with van der Waals surface area (Å²) in [5.41, 5.74) is 0.759. The van der Waals surface area contributed by atoms with Crippen LogP contribution in [0.2, 0.25) is 0 Å². The van der Waals surface area contributed by atoms with Crippen LogP contribution in [0, 0.1) is 0 Å². The van der Waals surface area contributed by atoms with Gasteiger partial charge in [-0.05, 0) is 62.0 Å². The molecule has 0 radical (unpaired) electrons. The number of nitrogens with zero attached hydrogens (tertiary/aromatic N) is 5. The lowest BCUT2D eigenvalue weighted by atomic mass is 9.95. The molecule has 4 atom stereocenters. The molecule has 0 amide bonds. The molecule has 2 saturated heterocycles. The lowest BCUT2D eigenvalue weighted by Gasteiger charge is -2.43. The van der Waals surface area contributed by atoms with Crippen molar-refractivity contribution in [3.8, 4) is 17.0 Å². The fourth-order valence-corrected chi connectivity index (χ4v) is 5.16. The summed E-state index contributed by atoms with van der Waals surface area (Å²) in [6.45, 7) is 0. The smallest absolute Gasteiger partial charge is 0.258 e. The monoisotopic (exact) mass is 423 g/mol. The van der Waals surface area contributed by atoms with Crippen molar-refractivity contribution < 1.29 is 9.50 Å². The molecule has 7 nitrogen and oxygen atoms in total. The Bertz CT molecular complexity index is 1200. The minimum Gasteiger partial charge on any atom is -0.507 e. The second-order valence-corrected chi connectivity index (χ2v) is 8.79. The predicted octanol–water partition coefficient (Wildman–Crippen LogP) is 2.71. The maximum atomic E-state index is 15.1. The zero-order chi connectivity index (χ0) is 21.9. The number of phenols is 1. The molecule has 8 heteroatoms. The van der Waals surface area contributed by atoms with E-state index in [1.54, 1.807) is 43.6 Å². The van der Waals surface area contributed by atoms with Gasteiger partial charge in [-0.25, -0.2) is 4.39 Å². The van der Waals surface area contributed by atoms with Gasteiger partial charge in [-0.15, -0.1) is 10.2 Å². The van der Waals surface area contributed by atoms with Crippen LogP contribution >= 0.6 is 0 Å². The number of phenolic OH excluding ortho intramolecular Hbond substituents is 1. The first-order chi connectivity index (χ1) is 14.8. The van der Waals surface area contributed by atoms with Gasteiger partial charge in [0.1, 0.15) is 11.9 Å². The van der Waals surface area contributed by atoms with Gasteiger partial charge in [-0.2, -0.15) is 0 Å². The average Bonchev–Trinajstić information content (AvgIpc) is 3.03. The summed E-state index contributed by atoms with van der Waals surface area (Å²) in [7, 11) is 5.57. The molecule has 0 spiro atoms. The summed E-state index contributed by atoms with van der Waals surface area (Å²) in [6.07, 6.45) is 3.44. The highest BCUT2D eigenvalue weighted by Gasteiger charge is 2.47. The number of rotatable bonds is 3. The highest BCUT2D eigenvalue weighted by atomic mass is 19.1. The molecule has 0 aliphatic carbocycles. The molecular formula is C23H26FN5O2. The van der Waals surface area contributed by atoms with Crippen molar-refractivity contribution in [2.45, 2.75) is 43.6 Å². The standard InChI is InChI=1S/C23H26FN5O2/c1-27-9-8-13-10-20(30)16(12-15(13)23(27)31)17-5-7-21(26-25-17)29(3)19-11-14-4-6-18(22(19)24)28(14)2/h5,7-10,12,14,18-19,22,30H,4,6,11H2,1-3H3/t14-,18+,19-,22+/m1/s1. The molecule has 2 aliphatic rings. The summed E-state index contributed by atoms with van der Waals surface area (Å²) >= 11 is 0. The fourth-order valence-electron chi connectivity index (χ4n) is 5.16. The van der Waals surface area contributed by atoms with Crippen LogP contribution < -0.4 is 10.5 Å². The summed E-state index contributed by atoms with van der Waals surface area (Å²) < 4.78 is 16.6. The predicted molar refractivity (Wildman–Crippen MR) is 118 cm³/mol. The Morgan fingerprint density at radius 3 is 2.71 bits per heavy atom. The van der Waals surface area contributed by atoms with Gasteiger partial charge >= 0.3 is 0 Å². The van der Waals surface area contributed by atoms with Gasteiger partial charge in [-0.1, -0.05) is 0 Å². The van der Waals surface area contributed by atoms with E-state index in [4.69, 9.17) is 0 Å². The number of halogens is 1. The zero-order valence-corrected chi connectivity index (χ0v) is 17.9. The quantitative estimate of drug-likeness (QED) is 0.698. The fraction of sp³-hybridized carbons (Fsp3) is 0.435. The lowest BCUT2D eigenvalue weighted by molar-refractivity contribution is 0.0701. The highest BCUT2D eigenvalue weighted by molar-refractivity contribution is 5.89. The molecule has 5 rings (SSSR count). The molecule has 3 aromatic rings. The van der Waals surface area contributed by atoms with E-state index in [1.165, 1.54) is 4.57 Å². The molecule has 1 aromatic carbocycles. The van der Waals surface area contributed by atoms with Crippen LogP contribution in [0.25, 0.3) is 22.0 Å². The Labute approximate surface area is 179 Å². The van der Waals surface area contributed by atoms with Gasteiger partial charge in [-0.3, -0.25) is 9.69 Å². The van der Waals surface area contributed by atoms with Crippen LogP contribution in [-0.4, -0.2) is 63.2 Å². The maximum absolute atomic E-state index is 15.1. The van der Waals surface area contributed by atoms with E-state index in [0.29, 0.717) is 33.9 Å². The molecule has 31 heavy (non-hydrogen) atoms. The third-order valence-electron chi connectivity index (χ3n) is 7.13. The largest absolute Gasteiger partial charge is 0.507 e. The van der Waals surface area contributed by atoms with E-state index >= 15 is 4.39 Å². The van der Waals surface area contributed by atoms with Gasteiger partial charge in [0, 0.05) is 43.3 Å². The van der Waals surface area contributed by atoms with Gasteiger partial charge in [0.2, 0.25) is 0 Å². The van der Waals surface area contributed by atoms with E-state index in [2.05, 4.69) is 15.1 Å². The number of pyridine rings is 1. The molecule has 1 N–H and O–H groups in total. The van der Waals surface area contributed by atoms with Crippen molar-refractivity contribution in [3.05, 3.63) is 46.9 Å². The van der Waals surface area contributed by atoms with Crippen molar-refractivity contribution in [1.82, 2.24) is 19.7 Å². The van der Waals surface area contributed by atoms with Gasteiger partial charge < -0.3 is 14.6 Å². The van der Waals surface area contributed by atoms with Crippen LogP contribution in [0.4, 0.5) is 10.2 Å². The Kier molecular flexibility index (Phi) is 4.69. The molecule has 2 aliphatic heterocycles. The van der Waals surface area contributed by atoms with E-state index in [9.17, 15) is 9.90 Å². The number of benzene rings is 1. The maximum Gasteiger partial charge on any atom is 0.258 e. The number of alkyl halides is 1. The Balaban J connectivity index is 1.45. The number of anilines is 1. The minimum absolute atomic E-state index is 0.0319. The van der Waals surface area contributed by atoms with Gasteiger partial charge in [0.25, 0.3) is 5.56 Å². The lowest BCUT2D eigenvalue weighted by Crippen LogP contribution is -2.56. The van der Waals surface area contributed by atoms with Crippen LogP contribution in [0.15, 0.2) is 41.3 Å². The number of fused-ring (bicyclic) bond motifs is 3. The van der Waals surface area contributed by atoms with E-state index in [0.717, 1.165) is 19.3 Å². The molecule has 2 fully saturated rings. The molecule has 162 valence electrons. The molecule has 4 heterocycles. The summed E-state index contributed by atoms with van der Waals surface area (Å²) in [4.78, 5) is 16.5. The second kappa shape index (κ2) is 7.30. The first-order valence-electron chi connectivity index (χ1n) is 10.6. The van der Waals surface area contributed by atoms with E-state index in [-0.39, 0.29) is 23.4 Å². The van der Waals surface area contributed by atoms with Crippen molar-refractivity contribution in [2.75, 3.05) is 19.0 Å². The van der Waals surface area contributed by atoms with Crippen molar-refractivity contribution in [3.63, 3.8) is 0 Å². The number of piperidine rings is 1. The van der Waals surface area contributed by atoms with Crippen LogP contribution in [-0.2, 0) is 7.05 Å². The average molecular weight is 423 g/mol. The zero-order valence-electron chi connectivity index (χ0n) is 17.9. The Morgan fingerprint density at radius 1 is 1.16 bits per heavy atom. The van der Waals surface area contributed by atoms with Gasteiger partial charge in [0.15, 0.2) is 5.82 Å². The van der Waals surface area contributed by atoms with Crippen LogP contribution in [0.1, 0.15) is 19.3 Å². The van der Waals surface area contributed by atoms with Crippen LogP contribution in [0.5, 0.6) is 5.75 Å². The summed E-state index contributed by atoms with van der Waals surface area (Å²) in [6, 6.07) is 8.69. The van der Waals surface area contributed by atoms with Crippen LogP contribution in [0.3, 0.4) is 0 Å². The summed E-state index contributed by atoms with van der Waals surface area (Å²) in [5, 5.41) is 20.3. The highest BCUT2D eigenvalue weighted by Crippen LogP contribution is 2.39. The molecular weight excluding hydrogens is 397 g/mol. The first kappa shape index (κ1) is 19.9. The molecule has 2 aromatic heterocycles. The Hall–Kier alpha value is -3.00. The molecule has 0 saturated carbocycles. The number of hydrogen-bond acceptors (Lipinski definition) is 6. The topological polar surface area (TPSA) is 74.5 Å². The van der Waals surface area contributed by atoms with E-state index in [1.807, 2.05) is 19.0 Å². The van der Waals surface area contributed by atoms with Crippen molar-refractivity contribution >= 4 is 16.6 Å². The number of hydrogen-bond donors (Lipinski definition) is 1. The number of aromatic hydroxyl groups is 1. The third-order valence-corrected chi connectivity index (χ3v) is 7.13. The Morgan fingerprint density at radius 2 is 1.97 bits per heavy atom. The number of aromatic nitrogens is 3.